The maximum absolute atomic E-state index is 12.7. The van der Waals surface area contributed by atoms with E-state index in [-0.39, 0.29) is 18.4 Å². The molecule has 44 heavy (non-hydrogen) atoms. The van der Waals surface area contributed by atoms with Gasteiger partial charge in [0, 0.05) is 42.3 Å². The highest BCUT2D eigenvalue weighted by atomic mass is 16.5. The molecule has 0 saturated heterocycles. The first-order chi connectivity index (χ1) is 21.5. The Balaban J connectivity index is 1.08. The summed E-state index contributed by atoms with van der Waals surface area (Å²) in [7, 11) is 1.70. The van der Waals surface area contributed by atoms with Crippen molar-refractivity contribution in [1.29, 1.82) is 0 Å². The SMILES string of the molecule is CN(CCOc1ccc(-n2cc(-c3ccc4c(c3)CCC4=NO)c(-c3ccncc3)n2)cc1)N1C(=O)c2ccccc2C1=O. The third kappa shape index (κ3) is 4.81. The number of hydrogen-bond acceptors (Lipinski definition) is 8. The molecule has 3 heterocycles. The third-order valence-corrected chi connectivity index (χ3v) is 8.05. The van der Waals surface area contributed by atoms with E-state index in [2.05, 4.69) is 16.2 Å². The van der Waals surface area contributed by atoms with Crippen LogP contribution in [0.25, 0.3) is 28.1 Å². The van der Waals surface area contributed by atoms with Crippen LogP contribution >= 0.6 is 0 Å². The van der Waals surface area contributed by atoms with Crippen molar-refractivity contribution in [2.24, 2.45) is 5.16 Å². The summed E-state index contributed by atoms with van der Waals surface area (Å²) < 4.78 is 7.79. The first-order valence-electron chi connectivity index (χ1n) is 14.3. The smallest absolute Gasteiger partial charge is 0.276 e. The van der Waals surface area contributed by atoms with E-state index < -0.39 is 0 Å². The van der Waals surface area contributed by atoms with Gasteiger partial charge in [0.25, 0.3) is 11.8 Å². The van der Waals surface area contributed by atoms with Gasteiger partial charge >= 0.3 is 0 Å². The molecule has 3 aromatic carbocycles. The largest absolute Gasteiger partial charge is 0.492 e. The lowest BCUT2D eigenvalue weighted by molar-refractivity contribution is 0.00922. The van der Waals surface area contributed by atoms with E-state index in [4.69, 9.17) is 9.84 Å². The Morgan fingerprint density at radius 1 is 0.864 bits per heavy atom. The van der Waals surface area contributed by atoms with Crippen LogP contribution < -0.4 is 4.74 Å². The summed E-state index contributed by atoms with van der Waals surface area (Å²) in [5.41, 5.74) is 8.33. The minimum Gasteiger partial charge on any atom is -0.492 e. The van der Waals surface area contributed by atoms with Crippen LogP contribution in [0.3, 0.4) is 0 Å². The van der Waals surface area contributed by atoms with Crippen LogP contribution in [-0.2, 0) is 6.42 Å². The number of hydrogen-bond donors (Lipinski definition) is 1. The van der Waals surface area contributed by atoms with Gasteiger partial charge in [0.2, 0.25) is 0 Å². The topological polar surface area (TPSA) is 113 Å². The number of nitrogens with zero attached hydrogens (tertiary/aromatic N) is 6. The van der Waals surface area contributed by atoms with E-state index in [9.17, 15) is 14.8 Å². The fraction of sp³-hybridized carbons (Fsp3) is 0.147. The van der Waals surface area contributed by atoms with Crippen molar-refractivity contribution in [3.8, 4) is 33.8 Å². The number of pyridine rings is 1. The Hall–Kier alpha value is -5.61. The summed E-state index contributed by atoms with van der Waals surface area (Å²) in [4.78, 5) is 29.6. The molecule has 10 nitrogen and oxygen atoms in total. The van der Waals surface area contributed by atoms with Crippen LogP contribution in [0.15, 0.2) is 103 Å². The van der Waals surface area contributed by atoms with E-state index in [1.54, 1.807) is 48.7 Å². The van der Waals surface area contributed by atoms with Crippen LogP contribution in [0.5, 0.6) is 5.75 Å². The zero-order valence-electron chi connectivity index (χ0n) is 23.9. The summed E-state index contributed by atoms with van der Waals surface area (Å²) in [5, 5.41) is 20.5. The quantitative estimate of drug-likeness (QED) is 0.151. The average Bonchev–Trinajstić information content (AvgIpc) is 3.76. The Morgan fingerprint density at radius 2 is 1.59 bits per heavy atom. The Kier molecular flexibility index (Phi) is 6.95. The summed E-state index contributed by atoms with van der Waals surface area (Å²) in [5.74, 6) is 0.00266. The predicted octanol–water partition coefficient (Wildman–Crippen LogP) is 5.25. The maximum Gasteiger partial charge on any atom is 0.276 e. The molecular formula is C34H28N6O4. The third-order valence-electron chi connectivity index (χ3n) is 8.05. The van der Waals surface area contributed by atoms with E-state index in [0.717, 1.165) is 57.0 Å². The first kappa shape index (κ1) is 27.2. The van der Waals surface area contributed by atoms with Crippen molar-refractivity contribution in [2.75, 3.05) is 20.2 Å². The number of carbonyl (C=O) groups excluding carboxylic acids is 2. The molecule has 1 aliphatic heterocycles. The average molecular weight is 585 g/mol. The monoisotopic (exact) mass is 584 g/mol. The van der Waals surface area contributed by atoms with Crippen LogP contribution in [0, 0.1) is 0 Å². The molecule has 0 bridgehead atoms. The Bertz CT molecular complexity index is 1880. The standard InChI is InChI=1S/C34H28N6O4/c1-38(40-33(41)28-4-2-3-5-29(28)34(40)42)18-19-44-26-10-8-25(9-11-26)39-21-30(32(36-39)22-14-16-35-17-15-22)24-6-12-27-23(20-24)7-13-31(27)37-43/h2-6,8-12,14-17,20-21,43H,7,13,18-19H2,1H3. The number of ether oxygens (including phenoxy) is 1. The second-order valence-electron chi connectivity index (χ2n) is 10.7. The van der Waals surface area contributed by atoms with Crippen LogP contribution in [0.2, 0.25) is 0 Å². The molecule has 0 atom stereocenters. The molecule has 7 rings (SSSR count). The number of amides is 2. The highest BCUT2D eigenvalue weighted by Crippen LogP contribution is 2.35. The van der Waals surface area contributed by atoms with E-state index in [1.165, 1.54) is 0 Å². The molecule has 10 heteroatoms. The van der Waals surface area contributed by atoms with Crippen LogP contribution in [0.1, 0.15) is 38.3 Å². The first-order valence-corrected chi connectivity index (χ1v) is 14.3. The molecule has 2 aliphatic rings. The lowest BCUT2D eigenvalue weighted by Crippen LogP contribution is -2.45. The van der Waals surface area contributed by atoms with Crippen LogP contribution in [0.4, 0.5) is 0 Å². The van der Waals surface area contributed by atoms with Gasteiger partial charge in [0.05, 0.1) is 29.1 Å². The number of imide groups is 1. The highest BCUT2D eigenvalue weighted by molar-refractivity contribution is 6.20. The second kappa shape index (κ2) is 11.2. The van der Waals surface area contributed by atoms with Crippen molar-refractivity contribution in [2.45, 2.75) is 12.8 Å². The Morgan fingerprint density at radius 3 is 2.30 bits per heavy atom. The molecule has 5 aromatic rings. The van der Waals surface area contributed by atoms with Crippen molar-refractivity contribution in [3.05, 3.63) is 120 Å². The molecule has 0 radical (unpaired) electrons. The number of rotatable bonds is 8. The molecule has 0 spiro atoms. The molecule has 1 aliphatic carbocycles. The fourth-order valence-corrected chi connectivity index (χ4v) is 5.76. The van der Waals surface area contributed by atoms with Gasteiger partial charge in [-0.2, -0.15) is 5.10 Å². The number of carbonyl (C=O) groups is 2. The summed E-state index contributed by atoms with van der Waals surface area (Å²) in [6, 6.07) is 24.5. The van der Waals surface area contributed by atoms with Gasteiger partial charge in [0.15, 0.2) is 0 Å². The minimum absolute atomic E-state index is 0.280. The normalized spacial score (nSPS) is 14.9. The minimum atomic E-state index is -0.328. The van der Waals surface area contributed by atoms with E-state index >= 15 is 0 Å². The molecule has 0 saturated carbocycles. The van der Waals surface area contributed by atoms with Crippen molar-refractivity contribution in [3.63, 3.8) is 0 Å². The van der Waals surface area contributed by atoms with Crippen molar-refractivity contribution in [1.82, 2.24) is 24.8 Å². The maximum atomic E-state index is 12.7. The molecule has 2 amide bonds. The lowest BCUT2D eigenvalue weighted by atomic mass is 9.98. The van der Waals surface area contributed by atoms with Gasteiger partial charge in [-0.1, -0.05) is 35.5 Å². The number of aromatic nitrogens is 3. The number of hydrazine groups is 1. The van der Waals surface area contributed by atoms with Crippen molar-refractivity contribution < 1.29 is 19.5 Å². The van der Waals surface area contributed by atoms with E-state index in [1.807, 2.05) is 59.4 Å². The summed E-state index contributed by atoms with van der Waals surface area (Å²) >= 11 is 0. The molecular weight excluding hydrogens is 556 g/mol. The molecule has 0 unspecified atom stereocenters. The number of fused-ring (bicyclic) bond motifs is 2. The van der Waals surface area contributed by atoms with Crippen molar-refractivity contribution >= 4 is 17.5 Å². The number of likely N-dealkylation sites (N-methyl/N-ethyl adjacent to an activating group) is 1. The van der Waals surface area contributed by atoms with Gasteiger partial charge in [-0.25, -0.2) is 14.7 Å². The molecule has 0 fully saturated rings. The van der Waals surface area contributed by atoms with Crippen LogP contribution in [-0.4, -0.2) is 67.7 Å². The zero-order chi connectivity index (χ0) is 30.2. The zero-order valence-corrected chi connectivity index (χ0v) is 23.9. The van der Waals surface area contributed by atoms with Gasteiger partial charge in [-0.05, 0) is 72.5 Å². The predicted molar refractivity (Wildman–Crippen MR) is 164 cm³/mol. The number of aryl methyl sites for hydroxylation is 1. The number of oxime groups is 1. The summed E-state index contributed by atoms with van der Waals surface area (Å²) in [6.45, 7) is 0.625. The van der Waals surface area contributed by atoms with Gasteiger partial charge < -0.3 is 9.94 Å². The van der Waals surface area contributed by atoms with Gasteiger partial charge in [0.1, 0.15) is 18.1 Å². The molecule has 2 aromatic heterocycles. The highest BCUT2D eigenvalue weighted by Gasteiger charge is 2.37. The number of benzene rings is 3. The molecule has 218 valence electrons. The van der Waals surface area contributed by atoms with Gasteiger partial charge in [-0.15, -0.1) is 0 Å². The fourth-order valence-electron chi connectivity index (χ4n) is 5.76. The Labute approximate surface area is 253 Å². The molecule has 1 N–H and O–H groups in total. The van der Waals surface area contributed by atoms with E-state index in [0.29, 0.717) is 29.1 Å². The van der Waals surface area contributed by atoms with Gasteiger partial charge in [-0.3, -0.25) is 14.6 Å². The summed E-state index contributed by atoms with van der Waals surface area (Å²) in [6.07, 6.45) is 7.07. The second-order valence-corrected chi connectivity index (χ2v) is 10.7. The lowest BCUT2D eigenvalue weighted by Gasteiger charge is -2.25.